The van der Waals surface area contributed by atoms with Crippen molar-refractivity contribution in [2.24, 2.45) is 0 Å². The van der Waals surface area contributed by atoms with Crippen molar-refractivity contribution in [3.05, 3.63) is 30.1 Å². The molecule has 1 aliphatic carbocycles. The van der Waals surface area contributed by atoms with E-state index in [2.05, 4.69) is 10.3 Å². The molecule has 0 aliphatic heterocycles. The Labute approximate surface area is 84.2 Å². The summed E-state index contributed by atoms with van der Waals surface area (Å²) in [5, 5.41) is 12.5. The first kappa shape index (κ1) is 9.62. The third-order valence-corrected chi connectivity index (χ3v) is 2.82. The molecule has 0 spiro atoms. The number of aromatic nitrogens is 1. The second-order valence-corrected chi connectivity index (χ2v) is 3.97. The highest BCUT2D eigenvalue weighted by atomic mass is 16.3. The molecule has 3 heteroatoms. The maximum Gasteiger partial charge on any atom is 0.0613 e. The van der Waals surface area contributed by atoms with Gasteiger partial charge in [-0.2, -0.15) is 0 Å². The number of aliphatic hydroxyl groups excluding tert-OH is 1. The molecule has 1 aromatic heterocycles. The molecule has 3 nitrogen and oxygen atoms in total. The zero-order valence-electron chi connectivity index (χ0n) is 8.24. The lowest BCUT2D eigenvalue weighted by molar-refractivity contribution is 0.231. The average molecular weight is 192 g/mol. The molecular weight excluding hydrogens is 176 g/mol. The molecule has 2 rings (SSSR count). The van der Waals surface area contributed by atoms with Gasteiger partial charge in [-0.1, -0.05) is 0 Å². The van der Waals surface area contributed by atoms with Crippen LogP contribution in [0.25, 0.3) is 0 Å². The minimum atomic E-state index is 0.0625. The predicted octanol–water partition coefficient (Wildman–Crippen LogP) is 0.739. The van der Waals surface area contributed by atoms with Gasteiger partial charge in [-0.05, 0) is 43.5 Å². The van der Waals surface area contributed by atoms with Gasteiger partial charge in [-0.15, -0.1) is 0 Å². The summed E-state index contributed by atoms with van der Waals surface area (Å²) >= 11 is 0. The molecule has 76 valence electrons. The zero-order chi connectivity index (χ0) is 9.86. The van der Waals surface area contributed by atoms with Crippen molar-refractivity contribution in [3.63, 3.8) is 0 Å². The third kappa shape index (κ3) is 2.30. The fraction of sp³-hybridized carbons (Fsp3) is 0.545. The van der Waals surface area contributed by atoms with Crippen LogP contribution in [-0.4, -0.2) is 28.8 Å². The van der Waals surface area contributed by atoms with Crippen LogP contribution in [0.15, 0.2) is 24.5 Å². The first-order valence-electron chi connectivity index (χ1n) is 5.09. The van der Waals surface area contributed by atoms with E-state index in [4.69, 9.17) is 5.11 Å². The summed E-state index contributed by atoms with van der Waals surface area (Å²) in [5.74, 6) is 0. The Morgan fingerprint density at radius 2 is 2.07 bits per heavy atom. The van der Waals surface area contributed by atoms with Crippen molar-refractivity contribution < 1.29 is 5.11 Å². The van der Waals surface area contributed by atoms with Crippen molar-refractivity contribution in [1.82, 2.24) is 10.3 Å². The normalized spacial score (nSPS) is 18.1. The van der Waals surface area contributed by atoms with Crippen molar-refractivity contribution in [2.75, 3.05) is 13.2 Å². The van der Waals surface area contributed by atoms with E-state index in [1.165, 1.54) is 5.56 Å². The maximum absolute atomic E-state index is 9.08. The van der Waals surface area contributed by atoms with Crippen LogP contribution in [0.4, 0.5) is 0 Å². The summed E-state index contributed by atoms with van der Waals surface area (Å²) in [4.78, 5) is 3.97. The van der Waals surface area contributed by atoms with Gasteiger partial charge in [0.15, 0.2) is 0 Å². The highest BCUT2D eigenvalue weighted by molar-refractivity contribution is 5.10. The van der Waals surface area contributed by atoms with Crippen LogP contribution in [0.1, 0.15) is 18.4 Å². The predicted molar refractivity (Wildman–Crippen MR) is 55.0 cm³/mol. The SMILES string of the molecule is OCC1(NCCc2ccncc2)CC1. The molecule has 1 aromatic rings. The minimum Gasteiger partial charge on any atom is -0.394 e. The Morgan fingerprint density at radius 3 is 2.64 bits per heavy atom. The molecule has 0 aromatic carbocycles. The Bertz CT molecular complexity index is 283. The smallest absolute Gasteiger partial charge is 0.0613 e. The zero-order valence-corrected chi connectivity index (χ0v) is 8.24. The summed E-state index contributed by atoms with van der Waals surface area (Å²) in [7, 11) is 0. The number of nitrogens with one attached hydrogen (secondary N) is 1. The van der Waals surface area contributed by atoms with Crippen LogP contribution in [0, 0.1) is 0 Å². The third-order valence-electron chi connectivity index (χ3n) is 2.82. The van der Waals surface area contributed by atoms with E-state index < -0.39 is 0 Å². The lowest BCUT2D eigenvalue weighted by Crippen LogP contribution is -2.36. The van der Waals surface area contributed by atoms with Crippen molar-refractivity contribution in [3.8, 4) is 0 Å². The number of hydrogen-bond donors (Lipinski definition) is 2. The van der Waals surface area contributed by atoms with E-state index >= 15 is 0 Å². The molecule has 0 radical (unpaired) electrons. The molecule has 0 saturated heterocycles. The minimum absolute atomic E-state index is 0.0625. The Balaban J connectivity index is 1.73. The van der Waals surface area contributed by atoms with Gasteiger partial charge in [0.25, 0.3) is 0 Å². The first-order chi connectivity index (χ1) is 6.85. The standard InChI is InChI=1S/C11H16N2O/c14-9-11(4-5-11)13-8-3-10-1-6-12-7-2-10/h1-2,6-7,13-14H,3-5,8-9H2. The molecule has 0 unspecified atom stereocenters. The molecule has 1 saturated carbocycles. The molecule has 1 heterocycles. The monoisotopic (exact) mass is 192 g/mol. The van der Waals surface area contributed by atoms with Gasteiger partial charge in [-0.25, -0.2) is 0 Å². The van der Waals surface area contributed by atoms with Crippen LogP contribution < -0.4 is 5.32 Å². The highest BCUT2D eigenvalue weighted by Crippen LogP contribution is 2.34. The summed E-state index contributed by atoms with van der Waals surface area (Å²) in [6, 6.07) is 4.06. The summed E-state index contributed by atoms with van der Waals surface area (Å²) in [5.41, 5.74) is 1.36. The highest BCUT2D eigenvalue weighted by Gasteiger charge is 2.40. The Kier molecular flexibility index (Phi) is 2.79. The summed E-state index contributed by atoms with van der Waals surface area (Å²) < 4.78 is 0. The second kappa shape index (κ2) is 4.07. The van der Waals surface area contributed by atoms with Crippen LogP contribution >= 0.6 is 0 Å². The van der Waals surface area contributed by atoms with E-state index in [0.717, 1.165) is 25.8 Å². The lowest BCUT2D eigenvalue weighted by Gasteiger charge is -2.13. The van der Waals surface area contributed by atoms with E-state index in [1.807, 2.05) is 24.5 Å². The van der Waals surface area contributed by atoms with Crippen molar-refractivity contribution in [1.29, 1.82) is 0 Å². The second-order valence-electron chi connectivity index (χ2n) is 3.97. The van der Waals surface area contributed by atoms with Gasteiger partial charge in [0.2, 0.25) is 0 Å². The van der Waals surface area contributed by atoms with Crippen LogP contribution in [0.3, 0.4) is 0 Å². The van der Waals surface area contributed by atoms with E-state index in [1.54, 1.807) is 0 Å². The fourth-order valence-corrected chi connectivity index (χ4v) is 1.56. The molecule has 0 bridgehead atoms. The lowest BCUT2D eigenvalue weighted by atomic mass is 10.2. The average Bonchev–Trinajstić information content (AvgIpc) is 3.00. The number of nitrogens with zero attached hydrogens (tertiary/aromatic N) is 1. The van der Waals surface area contributed by atoms with Crippen LogP contribution in [0.5, 0.6) is 0 Å². The number of aliphatic hydroxyl groups is 1. The van der Waals surface area contributed by atoms with Crippen molar-refractivity contribution in [2.45, 2.75) is 24.8 Å². The Hall–Kier alpha value is -0.930. The number of pyridine rings is 1. The Morgan fingerprint density at radius 1 is 1.36 bits per heavy atom. The molecular formula is C11H16N2O. The summed E-state index contributed by atoms with van der Waals surface area (Å²) in [6.07, 6.45) is 6.85. The molecule has 2 N–H and O–H groups in total. The van der Waals surface area contributed by atoms with Gasteiger partial charge in [0.1, 0.15) is 0 Å². The van der Waals surface area contributed by atoms with Crippen LogP contribution in [0.2, 0.25) is 0 Å². The van der Waals surface area contributed by atoms with Gasteiger partial charge < -0.3 is 10.4 Å². The number of rotatable bonds is 5. The van der Waals surface area contributed by atoms with Gasteiger partial charge in [0.05, 0.1) is 6.61 Å². The number of hydrogen-bond acceptors (Lipinski definition) is 3. The molecule has 1 fully saturated rings. The quantitative estimate of drug-likeness (QED) is 0.723. The van der Waals surface area contributed by atoms with E-state index in [-0.39, 0.29) is 12.1 Å². The largest absolute Gasteiger partial charge is 0.394 e. The van der Waals surface area contributed by atoms with Gasteiger partial charge in [0, 0.05) is 17.9 Å². The maximum atomic E-state index is 9.08. The van der Waals surface area contributed by atoms with Crippen LogP contribution in [-0.2, 0) is 6.42 Å². The van der Waals surface area contributed by atoms with E-state index in [0.29, 0.717) is 0 Å². The molecule has 1 aliphatic rings. The first-order valence-corrected chi connectivity index (χ1v) is 5.09. The van der Waals surface area contributed by atoms with Gasteiger partial charge in [-0.3, -0.25) is 4.98 Å². The fourth-order valence-electron chi connectivity index (χ4n) is 1.56. The summed E-state index contributed by atoms with van der Waals surface area (Å²) in [6.45, 7) is 1.20. The molecule has 0 atom stereocenters. The topological polar surface area (TPSA) is 45.1 Å². The molecule has 0 amide bonds. The van der Waals surface area contributed by atoms with Gasteiger partial charge >= 0.3 is 0 Å². The van der Waals surface area contributed by atoms with E-state index in [9.17, 15) is 0 Å². The van der Waals surface area contributed by atoms with Crippen molar-refractivity contribution >= 4 is 0 Å². The molecule has 14 heavy (non-hydrogen) atoms.